The molecule has 2 aliphatic rings. The van der Waals surface area contributed by atoms with Gasteiger partial charge in [-0.25, -0.2) is 4.98 Å². The van der Waals surface area contributed by atoms with Gasteiger partial charge in [0.2, 0.25) is 11.8 Å². The van der Waals surface area contributed by atoms with Crippen LogP contribution in [0.15, 0.2) is 47.0 Å². The van der Waals surface area contributed by atoms with Crippen molar-refractivity contribution in [2.75, 3.05) is 25.6 Å². The van der Waals surface area contributed by atoms with Gasteiger partial charge in [-0.05, 0) is 68.5 Å². The number of nitrogens with zero attached hydrogens (tertiary/aromatic N) is 3. The van der Waals surface area contributed by atoms with E-state index in [1.165, 1.54) is 0 Å². The monoisotopic (exact) mass is 598 g/mol. The number of carbonyl (C=O) groups is 1. The highest BCUT2D eigenvalue weighted by atomic mass is 16.5. The van der Waals surface area contributed by atoms with Crippen LogP contribution in [0.1, 0.15) is 48.9 Å². The highest BCUT2D eigenvalue weighted by Crippen LogP contribution is 2.39. The van der Waals surface area contributed by atoms with Gasteiger partial charge in [-0.15, -0.1) is 0 Å². The molecule has 2 aromatic carbocycles. The van der Waals surface area contributed by atoms with Gasteiger partial charge in [0.25, 0.3) is 5.91 Å². The van der Waals surface area contributed by atoms with Crippen molar-refractivity contribution in [2.24, 2.45) is 0 Å². The van der Waals surface area contributed by atoms with E-state index in [2.05, 4.69) is 20.6 Å². The molecule has 1 saturated carbocycles. The summed E-state index contributed by atoms with van der Waals surface area (Å²) in [4.78, 5) is 30.0. The number of methoxy groups -OCH3 is 1. The first kappa shape index (κ1) is 28.1. The summed E-state index contributed by atoms with van der Waals surface area (Å²) in [5.41, 5.74) is 4.21. The Morgan fingerprint density at radius 3 is 2.68 bits per heavy atom. The molecule has 4 N–H and O–H groups in total. The van der Waals surface area contributed by atoms with Crippen LogP contribution in [-0.2, 0) is 4.74 Å². The quantitative estimate of drug-likeness (QED) is 0.191. The number of anilines is 2. The zero-order valence-electron chi connectivity index (χ0n) is 24.8. The minimum absolute atomic E-state index is 0.0209. The summed E-state index contributed by atoms with van der Waals surface area (Å²) in [6.45, 7) is 4.72. The second-order valence-corrected chi connectivity index (χ2v) is 11.8. The molecule has 0 radical (unpaired) electrons. The zero-order chi connectivity index (χ0) is 30.4. The lowest BCUT2D eigenvalue weighted by Crippen LogP contribution is -2.48. The SMILES string of the molecule is COc1cc(C(=O)NC2COC2)ccc1Nc1nc(O[C@H]2CC[C@@](C)(O)CC2)c2c(-c3ccc4nc(C)oc4c3)c[nH]c2n1. The number of aromatic amines is 1. The molecule has 228 valence electrons. The molecule has 12 heteroatoms. The third-order valence-electron chi connectivity index (χ3n) is 8.28. The summed E-state index contributed by atoms with van der Waals surface area (Å²) in [5, 5.41) is 17.4. The Balaban J connectivity index is 1.23. The molecule has 3 aromatic heterocycles. The lowest BCUT2D eigenvalue weighted by Gasteiger charge is -2.33. The minimum atomic E-state index is -0.692. The van der Waals surface area contributed by atoms with E-state index in [9.17, 15) is 9.90 Å². The second-order valence-electron chi connectivity index (χ2n) is 11.8. The highest BCUT2D eigenvalue weighted by Gasteiger charge is 2.31. The molecular formula is C32H34N6O6. The first-order chi connectivity index (χ1) is 21.2. The maximum Gasteiger partial charge on any atom is 0.251 e. The van der Waals surface area contributed by atoms with Gasteiger partial charge in [-0.3, -0.25) is 4.79 Å². The van der Waals surface area contributed by atoms with Crippen molar-refractivity contribution in [2.45, 2.75) is 57.3 Å². The maximum absolute atomic E-state index is 12.7. The van der Waals surface area contributed by atoms with Gasteiger partial charge in [-0.1, -0.05) is 6.07 Å². The minimum Gasteiger partial charge on any atom is -0.495 e. The van der Waals surface area contributed by atoms with Crippen molar-refractivity contribution in [3.8, 4) is 22.8 Å². The van der Waals surface area contributed by atoms with Crippen molar-refractivity contribution < 1.29 is 28.5 Å². The Morgan fingerprint density at radius 1 is 1.11 bits per heavy atom. The first-order valence-corrected chi connectivity index (χ1v) is 14.7. The van der Waals surface area contributed by atoms with Crippen LogP contribution >= 0.6 is 0 Å². The molecule has 0 bridgehead atoms. The van der Waals surface area contributed by atoms with E-state index in [-0.39, 0.29) is 18.1 Å². The van der Waals surface area contributed by atoms with Crippen molar-refractivity contribution in [1.29, 1.82) is 0 Å². The number of fused-ring (bicyclic) bond motifs is 2. The number of amides is 1. The van der Waals surface area contributed by atoms with E-state index in [0.29, 0.717) is 84.8 Å². The third kappa shape index (κ3) is 5.53. The normalized spacial score (nSPS) is 20.4. The smallest absolute Gasteiger partial charge is 0.251 e. The summed E-state index contributed by atoms with van der Waals surface area (Å²) < 4.78 is 23.1. The number of rotatable bonds is 8. The molecule has 1 aliphatic heterocycles. The maximum atomic E-state index is 12.7. The van der Waals surface area contributed by atoms with Gasteiger partial charge in [-0.2, -0.15) is 9.97 Å². The van der Waals surface area contributed by atoms with Gasteiger partial charge in [0.15, 0.2) is 11.5 Å². The highest BCUT2D eigenvalue weighted by molar-refractivity contribution is 5.99. The Bertz CT molecular complexity index is 1850. The molecule has 1 amide bonds. The number of H-pyrrole nitrogens is 1. The van der Waals surface area contributed by atoms with Crippen LogP contribution in [0.2, 0.25) is 0 Å². The number of hydrogen-bond acceptors (Lipinski definition) is 10. The number of carbonyl (C=O) groups excluding carboxylic acids is 1. The van der Waals surface area contributed by atoms with E-state index in [0.717, 1.165) is 22.0 Å². The molecule has 44 heavy (non-hydrogen) atoms. The van der Waals surface area contributed by atoms with Crippen LogP contribution in [0.5, 0.6) is 11.6 Å². The molecule has 5 aromatic rings. The molecule has 4 heterocycles. The van der Waals surface area contributed by atoms with Crippen molar-refractivity contribution in [1.82, 2.24) is 25.3 Å². The lowest BCUT2D eigenvalue weighted by atomic mass is 9.85. The van der Waals surface area contributed by atoms with Gasteiger partial charge < -0.3 is 39.4 Å². The van der Waals surface area contributed by atoms with Gasteiger partial charge in [0.1, 0.15) is 23.0 Å². The van der Waals surface area contributed by atoms with Crippen LogP contribution in [0.25, 0.3) is 33.3 Å². The van der Waals surface area contributed by atoms with Gasteiger partial charge in [0.05, 0.1) is 43.0 Å². The number of aliphatic hydroxyl groups is 1. The molecule has 12 nitrogen and oxygen atoms in total. The predicted molar refractivity (Wildman–Crippen MR) is 163 cm³/mol. The van der Waals surface area contributed by atoms with Crippen molar-refractivity contribution >= 4 is 39.7 Å². The van der Waals surface area contributed by atoms with Crippen molar-refractivity contribution in [3.05, 3.63) is 54.0 Å². The number of oxazole rings is 1. The molecular weight excluding hydrogens is 564 g/mol. The van der Waals surface area contributed by atoms with Gasteiger partial charge in [0, 0.05) is 24.2 Å². The number of aromatic nitrogens is 4. The summed E-state index contributed by atoms with van der Waals surface area (Å²) in [5.74, 6) is 1.59. The summed E-state index contributed by atoms with van der Waals surface area (Å²) >= 11 is 0. The average Bonchev–Trinajstić information content (AvgIpc) is 3.58. The van der Waals surface area contributed by atoms with Crippen LogP contribution in [-0.4, -0.2) is 69.0 Å². The van der Waals surface area contributed by atoms with Crippen molar-refractivity contribution in [3.63, 3.8) is 0 Å². The van der Waals surface area contributed by atoms with Crippen LogP contribution in [0.3, 0.4) is 0 Å². The lowest BCUT2D eigenvalue weighted by molar-refractivity contribution is -0.0114. The largest absolute Gasteiger partial charge is 0.495 e. The second kappa shape index (κ2) is 11.1. The Labute approximate surface area is 253 Å². The van der Waals surface area contributed by atoms with E-state index in [4.69, 9.17) is 28.6 Å². The third-order valence-corrected chi connectivity index (χ3v) is 8.28. The van der Waals surface area contributed by atoms with E-state index < -0.39 is 5.60 Å². The number of benzene rings is 2. The topological polar surface area (TPSA) is 157 Å². The molecule has 0 spiro atoms. The molecule has 1 saturated heterocycles. The molecule has 0 atom stereocenters. The first-order valence-electron chi connectivity index (χ1n) is 14.7. The van der Waals surface area contributed by atoms with Crippen LogP contribution < -0.4 is 20.1 Å². The zero-order valence-corrected chi connectivity index (χ0v) is 24.8. The number of aryl methyl sites for hydroxylation is 1. The fourth-order valence-electron chi connectivity index (χ4n) is 5.71. The Morgan fingerprint density at radius 2 is 1.93 bits per heavy atom. The van der Waals surface area contributed by atoms with Gasteiger partial charge >= 0.3 is 0 Å². The van der Waals surface area contributed by atoms with Crippen LogP contribution in [0, 0.1) is 6.92 Å². The molecule has 2 fully saturated rings. The Hall–Kier alpha value is -4.68. The van der Waals surface area contributed by atoms with Crippen LogP contribution in [0.4, 0.5) is 11.6 Å². The average molecular weight is 599 g/mol. The molecule has 0 unspecified atom stereocenters. The summed E-state index contributed by atoms with van der Waals surface area (Å²) in [6.07, 6.45) is 4.46. The fourth-order valence-corrected chi connectivity index (χ4v) is 5.71. The molecule has 1 aliphatic carbocycles. The molecule has 7 rings (SSSR count). The Kier molecular flexibility index (Phi) is 7.10. The fraction of sp³-hybridized carbons (Fsp3) is 0.375. The van der Waals surface area contributed by atoms with E-state index >= 15 is 0 Å². The predicted octanol–water partition coefficient (Wildman–Crippen LogP) is 5.03. The number of nitrogens with one attached hydrogen (secondary N) is 3. The number of ether oxygens (including phenoxy) is 3. The van der Waals surface area contributed by atoms with E-state index in [1.54, 1.807) is 25.3 Å². The summed E-state index contributed by atoms with van der Waals surface area (Å²) in [6, 6.07) is 11.0. The number of hydrogen-bond donors (Lipinski definition) is 4. The summed E-state index contributed by atoms with van der Waals surface area (Å²) in [7, 11) is 1.54. The standard InChI is InChI=1S/C32H34N6O6/c1-17-34-24-6-4-18(12-26(24)43-17)22-14-33-28-27(22)30(44-21-8-10-32(2,40)11-9-21)38-31(37-28)36-23-7-5-19(13-25(23)41-3)29(39)35-20-15-42-16-20/h4-7,12-14,20-21,40H,8-11,15-16H2,1-3H3,(H,35,39)(H2,33,36,37,38)/t21-,32+. The van der Waals surface area contributed by atoms with E-state index in [1.807, 2.05) is 38.2 Å².